The summed E-state index contributed by atoms with van der Waals surface area (Å²) in [6.07, 6.45) is 2.66. The van der Waals surface area contributed by atoms with Gasteiger partial charge in [-0.1, -0.05) is 17.7 Å². The lowest BCUT2D eigenvalue weighted by Gasteiger charge is -2.14. The molecule has 106 valence electrons. The van der Waals surface area contributed by atoms with E-state index in [0.29, 0.717) is 18.2 Å². The molecule has 4 heteroatoms. The van der Waals surface area contributed by atoms with Crippen molar-refractivity contribution in [2.75, 3.05) is 39.5 Å². The van der Waals surface area contributed by atoms with Gasteiger partial charge in [0.05, 0.1) is 18.2 Å². The van der Waals surface area contributed by atoms with E-state index in [2.05, 4.69) is 4.90 Å². The van der Waals surface area contributed by atoms with E-state index in [9.17, 15) is 0 Å². The maximum atomic E-state index is 6.08. The summed E-state index contributed by atoms with van der Waals surface area (Å²) in [5.74, 6) is 0.732. The number of rotatable bonds is 7. The van der Waals surface area contributed by atoms with Crippen LogP contribution in [0.25, 0.3) is 0 Å². The van der Waals surface area contributed by atoms with Gasteiger partial charge in [0.1, 0.15) is 12.4 Å². The van der Waals surface area contributed by atoms with Gasteiger partial charge >= 0.3 is 0 Å². The van der Waals surface area contributed by atoms with Gasteiger partial charge in [-0.15, -0.1) is 0 Å². The zero-order valence-electron chi connectivity index (χ0n) is 11.5. The number of ether oxygens (including phenoxy) is 2. The highest BCUT2D eigenvalue weighted by molar-refractivity contribution is 6.32. The van der Waals surface area contributed by atoms with Crippen molar-refractivity contribution >= 4 is 11.6 Å². The van der Waals surface area contributed by atoms with Crippen LogP contribution in [-0.2, 0) is 4.74 Å². The predicted molar refractivity (Wildman–Crippen MR) is 78.2 cm³/mol. The quantitative estimate of drug-likeness (QED) is 0.718. The van der Waals surface area contributed by atoms with E-state index in [1.54, 1.807) is 0 Å². The fraction of sp³-hybridized carbons (Fsp3) is 0.600. The largest absolute Gasteiger partial charge is 0.490 e. The van der Waals surface area contributed by atoms with Crippen LogP contribution in [0.1, 0.15) is 18.4 Å². The lowest BCUT2D eigenvalue weighted by atomic mass is 10.2. The number of likely N-dealkylation sites (tertiary alicyclic amines) is 1. The lowest BCUT2D eigenvalue weighted by molar-refractivity contribution is 0.0846. The Balaban J connectivity index is 1.56. The van der Waals surface area contributed by atoms with Crippen LogP contribution in [0.15, 0.2) is 18.2 Å². The fourth-order valence-corrected chi connectivity index (χ4v) is 2.53. The molecule has 19 heavy (non-hydrogen) atoms. The summed E-state index contributed by atoms with van der Waals surface area (Å²) in [5, 5.41) is 0.664. The molecule has 0 N–H and O–H groups in total. The van der Waals surface area contributed by atoms with E-state index >= 15 is 0 Å². The first-order chi connectivity index (χ1) is 9.25. The Bertz CT molecular complexity index is 392. The molecule has 0 radical (unpaired) electrons. The zero-order valence-corrected chi connectivity index (χ0v) is 12.3. The summed E-state index contributed by atoms with van der Waals surface area (Å²) >= 11 is 6.08. The minimum absolute atomic E-state index is 0.544. The number of halogens is 1. The van der Waals surface area contributed by atoms with Crippen molar-refractivity contribution in [3.63, 3.8) is 0 Å². The van der Waals surface area contributed by atoms with Crippen LogP contribution in [0, 0.1) is 6.92 Å². The predicted octanol–water partition coefficient (Wildman–Crippen LogP) is 3.14. The van der Waals surface area contributed by atoms with Gasteiger partial charge < -0.3 is 14.4 Å². The Morgan fingerprint density at radius 2 is 1.95 bits per heavy atom. The molecule has 0 bridgehead atoms. The van der Waals surface area contributed by atoms with Crippen LogP contribution in [-0.4, -0.2) is 44.4 Å². The molecule has 1 saturated heterocycles. The van der Waals surface area contributed by atoms with Gasteiger partial charge in [0.25, 0.3) is 0 Å². The van der Waals surface area contributed by atoms with E-state index in [0.717, 1.165) is 24.5 Å². The van der Waals surface area contributed by atoms with E-state index in [1.165, 1.54) is 25.9 Å². The molecule has 1 heterocycles. The third kappa shape index (κ3) is 5.01. The summed E-state index contributed by atoms with van der Waals surface area (Å²) in [6.45, 7) is 7.42. The molecule has 0 unspecified atom stereocenters. The van der Waals surface area contributed by atoms with E-state index < -0.39 is 0 Å². The maximum Gasteiger partial charge on any atom is 0.138 e. The van der Waals surface area contributed by atoms with Crippen molar-refractivity contribution < 1.29 is 9.47 Å². The molecule has 1 aromatic rings. The minimum Gasteiger partial charge on any atom is -0.490 e. The number of nitrogens with zero attached hydrogens (tertiary/aromatic N) is 1. The lowest BCUT2D eigenvalue weighted by Crippen LogP contribution is -2.24. The third-order valence-electron chi connectivity index (χ3n) is 3.32. The second kappa shape index (κ2) is 7.73. The van der Waals surface area contributed by atoms with Crippen LogP contribution in [0.3, 0.4) is 0 Å². The molecule has 0 aromatic heterocycles. The molecule has 3 nitrogen and oxygen atoms in total. The van der Waals surface area contributed by atoms with Crippen LogP contribution < -0.4 is 4.74 Å². The highest BCUT2D eigenvalue weighted by Crippen LogP contribution is 2.24. The van der Waals surface area contributed by atoms with Crippen LogP contribution in [0.5, 0.6) is 5.75 Å². The standard InChI is InChI=1S/C15H22ClNO2/c1-13-4-5-15(14(16)12-13)19-11-10-18-9-8-17-6-2-3-7-17/h4-5,12H,2-3,6-11H2,1H3. The number of hydrogen-bond donors (Lipinski definition) is 0. The van der Waals surface area contributed by atoms with Gasteiger partial charge in [0, 0.05) is 6.54 Å². The molecule has 1 aliphatic heterocycles. The average Bonchev–Trinajstić information content (AvgIpc) is 2.89. The SMILES string of the molecule is Cc1ccc(OCCOCCN2CCCC2)c(Cl)c1. The van der Waals surface area contributed by atoms with E-state index in [1.807, 2.05) is 25.1 Å². The van der Waals surface area contributed by atoms with Crippen LogP contribution >= 0.6 is 11.6 Å². The average molecular weight is 284 g/mol. The number of benzene rings is 1. The van der Waals surface area contributed by atoms with Gasteiger partial charge in [0.15, 0.2) is 0 Å². The first-order valence-corrected chi connectivity index (χ1v) is 7.32. The molecular formula is C15H22ClNO2. The van der Waals surface area contributed by atoms with E-state index in [-0.39, 0.29) is 0 Å². The molecule has 0 aliphatic carbocycles. The number of hydrogen-bond acceptors (Lipinski definition) is 3. The maximum absolute atomic E-state index is 6.08. The van der Waals surface area contributed by atoms with Crippen molar-refractivity contribution in [3.05, 3.63) is 28.8 Å². The van der Waals surface area contributed by atoms with Crippen LogP contribution in [0.4, 0.5) is 0 Å². The van der Waals surface area contributed by atoms with Gasteiger partial charge in [-0.25, -0.2) is 0 Å². The van der Waals surface area contributed by atoms with Crippen LogP contribution in [0.2, 0.25) is 5.02 Å². The monoisotopic (exact) mass is 283 g/mol. The highest BCUT2D eigenvalue weighted by atomic mass is 35.5. The van der Waals surface area contributed by atoms with Crippen molar-refractivity contribution in [2.45, 2.75) is 19.8 Å². The number of aryl methyl sites for hydroxylation is 1. The molecule has 0 atom stereocenters. The van der Waals surface area contributed by atoms with Gasteiger partial charge in [-0.05, 0) is 50.6 Å². The minimum atomic E-state index is 0.544. The van der Waals surface area contributed by atoms with Crippen molar-refractivity contribution in [3.8, 4) is 5.75 Å². The Labute approximate surface area is 120 Å². The summed E-state index contributed by atoms with van der Waals surface area (Å²) in [7, 11) is 0. The third-order valence-corrected chi connectivity index (χ3v) is 3.62. The molecule has 0 amide bonds. The van der Waals surface area contributed by atoms with E-state index in [4.69, 9.17) is 21.1 Å². The highest BCUT2D eigenvalue weighted by Gasteiger charge is 2.10. The smallest absolute Gasteiger partial charge is 0.138 e. The molecule has 1 aromatic carbocycles. The fourth-order valence-electron chi connectivity index (χ4n) is 2.24. The molecule has 0 saturated carbocycles. The van der Waals surface area contributed by atoms with Gasteiger partial charge in [-0.3, -0.25) is 0 Å². The Morgan fingerprint density at radius 1 is 1.16 bits per heavy atom. The zero-order chi connectivity index (χ0) is 13.5. The summed E-state index contributed by atoms with van der Waals surface area (Å²) < 4.78 is 11.2. The Morgan fingerprint density at radius 3 is 2.68 bits per heavy atom. The molecule has 1 aliphatic rings. The second-order valence-electron chi connectivity index (χ2n) is 4.94. The van der Waals surface area contributed by atoms with Crippen molar-refractivity contribution in [2.24, 2.45) is 0 Å². The normalized spacial score (nSPS) is 15.9. The summed E-state index contributed by atoms with van der Waals surface area (Å²) in [4.78, 5) is 2.44. The summed E-state index contributed by atoms with van der Waals surface area (Å²) in [5.41, 5.74) is 1.14. The first-order valence-electron chi connectivity index (χ1n) is 6.95. The molecular weight excluding hydrogens is 262 g/mol. The van der Waals surface area contributed by atoms with Crippen molar-refractivity contribution in [1.29, 1.82) is 0 Å². The Kier molecular flexibility index (Phi) is 5.95. The molecule has 2 rings (SSSR count). The molecule has 1 fully saturated rings. The van der Waals surface area contributed by atoms with Gasteiger partial charge in [-0.2, -0.15) is 0 Å². The Hall–Kier alpha value is -0.770. The first kappa shape index (κ1) is 14.6. The molecule has 0 spiro atoms. The van der Waals surface area contributed by atoms with Crippen molar-refractivity contribution in [1.82, 2.24) is 4.90 Å². The van der Waals surface area contributed by atoms with Gasteiger partial charge in [0.2, 0.25) is 0 Å². The topological polar surface area (TPSA) is 21.7 Å². The second-order valence-corrected chi connectivity index (χ2v) is 5.35. The summed E-state index contributed by atoms with van der Waals surface area (Å²) in [6, 6.07) is 5.81.